The summed E-state index contributed by atoms with van der Waals surface area (Å²) < 4.78 is 16.5. The Hall–Kier alpha value is -2.77. The topological polar surface area (TPSA) is 85.4 Å². The van der Waals surface area contributed by atoms with Gasteiger partial charge in [-0.25, -0.2) is 9.59 Å². The zero-order chi connectivity index (χ0) is 25.8. The third kappa shape index (κ3) is 9.42. The average molecular weight is 491 g/mol. The van der Waals surface area contributed by atoms with Gasteiger partial charge in [-0.3, -0.25) is 4.79 Å². The Bertz CT molecular complexity index is 808. The van der Waals surface area contributed by atoms with E-state index in [1.54, 1.807) is 32.6 Å². The fraction of sp³-hybridized carbons (Fsp3) is 0.667. The van der Waals surface area contributed by atoms with Crippen LogP contribution in [0.1, 0.15) is 72.3 Å². The van der Waals surface area contributed by atoms with Crippen molar-refractivity contribution in [1.29, 1.82) is 0 Å². The minimum absolute atomic E-state index is 0.135. The third-order valence-corrected chi connectivity index (χ3v) is 5.91. The molecule has 0 spiro atoms. The molecular weight excluding hydrogens is 448 g/mol. The number of hydrogen-bond acceptors (Lipinski definition) is 6. The summed E-state index contributed by atoms with van der Waals surface area (Å²) in [6.45, 7) is 10.7. The van der Waals surface area contributed by atoms with Crippen molar-refractivity contribution in [3.05, 3.63) is 35.9 Å². The van der Waals surface area contributed by atoms with Gasteiger partial charge in [0.1, 0.15) is 12.2 Å². The summed E-state index contributed by atoms with van der Waals surface area (Å²) in [5.74, 6) is -1.09. The molecule has 0 bridgehead atoms. The molecule has 1 aliphatic rings. The summed E-state index contributed by atoms with van der Waals surface area (Å²) >= 11 is 0. The minimum atomic E-state index is -0.674. The van der Waals surface area contributed by atoms with Crippen LogP contribution in [0.25, 0.3) is 0 Å². The molecule has 2 atom stereocenters. The van der Waals surface area contributed by atoms with Gasteiger partial charge >= 0.3 is 18.2 Å². The lowest BCUT2D eigenvalue weighted by molar-refractivity contribution is -0.152. The molecule has 1 aromatic rings. The summed E-state index contributed by atoms with van der Waals surface area (Å²) in [7, 11) is 0. The second-order valence-corrected chi connectivity index (χ2v) is 9.94. The van der Waals surface area contributed by atoms with Gasteiger partial charge in [-0.05, 0) is 46.1 Å². The lowest BCUT2D eigenvalue weighted by Gasteiger charge is -2.42. The molecule has 196 valence electrons. The van der Waals surface area contributed by atoms with Crippen LogP contribution in [0, 0.1) is 5.92 Å². The van der Waals surface area contributed by atoms with Gasteiger partial charge in [0.25, 0.3) is 0 Å². The van der Waals surface area contributed by atoms with E-state index in [2.05, 4.69) is 6.92 Å². The smallest absolute Gasteiger partial charge is 0.410 e. The van der Waals surface area contributed by atoms with Crippen molar-refractivity contribution in [3.8, 4) is 0 Å². The van der Waals surface area contributed by atoms with Crippen molar-refractivity contribution >= 4 is 18.2 Å². The van der Waals surface area contributed by atoms with E-state index in [0.29, 0.717) is 19.5 Å². The highest BCUT2D eigenvalue weighted by Gasteiger charge is 2.43. The molecule has 0 aliphatic carbocycles. The van der Waals surface area contributed by atoms with E-state index in [0.717, 1.165) is 31.2 Å². The van der Waals surface area contributed by atoms with Crippen LogP contribution >= 0.6 is 0 Å². The van der Waals surface area contributed by atoms with Gasteiger partial charge < -0.3 is 24.0 Å². The molecule has 35 heavy (non-hydrogen) atoms. The molecule has 0 saturated carbocycles. The second kappa shape index (κ2) is 14.0. The van der Waals surface area contributed by atoms with Gasteiger partial charge in [0.05, 0.1) is 18.6 Å². The van der Waals surface area contributed by atoms with Crippen molar-refractivity contribution in [2.24, 2.45) is 5.92 Å². The SMILES string of the molecule is CCCCCCN(C(=O)OCc1ccccc1)C1CCN(C(=O)OC(C)(C)C)CC1C(=O)OCC. The molecule has 0 radical (unpaired) electrons. The van der Waals surface area contributed by atoms with Crippen molar-refractivity contribution in [1.82, 2.24) is 9.80 Å². The number of rotatable bonds is 10. The van der Waals surface area contributed by atoms with E-state index in [9.17, 15) is 14.4 Å². The highest BCUT2D eigenvalue weighted by atomic mass is 16.6. The first-order valence-corrected chi connectivity index (χ1v) is 12.8. The summed E-state index contributed by atoms with van der Waals surface area (Å²) in [6, 6.07) is 9.09. The Morgan fingerprint density at radius 1 is 1.03 bits per heavy atom. The molecular formula is C27H42N2O6. The number of carbonyl (C=O) groups excluding carboxylic acids is 3. The molecule has 2 amide bonds. The van der Waals surface area contributed by atoms with E-state index >= 15 is 0 Å². The van der Waals surface area contributed by atoms with E-state index in [-0.39, 0.29) is 19.8 Å². The Labute approximate surface area is 209 Å². The van der Waals surface area contributed by atoms with Crippen LogP contribution in [0.3, 0.4) is 0 Å². The Morgan fingerprint density at radius 3 is 2.37 bits per heavy atom. The number of piperidine rings is 1. The number of unbranched alkanes of at least 4 members (excludes halogenated alkanes) is 3. The number of esters is 1. The quantitative estimate of drug-likeness (QED) is 0.248. The van der Waals surface area contributed by atoms with Crippen LogP contribution in [0.4, 0.5) is 9.59 Å². The molecule has 1 fully saturated rings. The van der Waals surface area contributed by atoms with Crippen molar-refractivity contribution in [2.75, 3.05) is 26.2 Å². The largest absolute Gasteiger partial charge is 0.466 e. The average Bonchev–Trinajstić information content (AvgIpc) is 2.82. The summed E-state index contributed by atoms with van der Waals surface area (Å²) in [5.41, 5.74) is 0.258. The van der Waals surface area contributed by atoms with Crippen LogP contribution < -0.4 is 0 Å². The molecule has 1 saturated heterocycles. The maximum Gasteiger partial charge on any atom is 0.410 e. The Balaban J connectivity index is 2.20. The summed E-state index contributed by atoms with van der Waals surface area (Å²) in [5, 5.41) is 0. The molecule has 8 nitrogen and oxygen atoms in total. The summed E-state index contributed by atoms with van der Waals surface area (Å²) in [4.78, 5) is 42.1. The normalized spacial score (nSPS) is 18.0. The molecule has 1 aliphatic heterocycles. The third-order valence-electron chi connectivity index (χ3n) is 5.91. The van der Waals surface area contributed by atoms with Crippen LogP contribution in [0.2, 0.25) is 0 Å². The van der Waals surface area contributed by atoms with E-state index in [1.165, 1.54) is 4.90 Å². The number of hydrogen-bond donors (Lipinski definition) is 0. The number of amides is 2. The number of likely N-dealkylation sites (tertiary alicyclic amines) is 1. The van der Waals surface area contributed by atoms with E-state index in [1.807, 2.05) is 30.3 Å². The fourth-order valence-electron chi connectivity index (χ4n) is 4.19. The van der Waals surface area contributed by atoms with Crippen LogP contribution in [-0.2, 0) is 25.6 Å². The van der Waals surface area contributed by atoms with E-state index < -0.39 is 35.7 Å². The zero-order valence-corrected chi connectivity index (χ0v) is 22.0. The molecule has 2 rings (SSSR count). The lowest BCUT2D eigenvalue weighted by Crippen LogP contribution is -2.57. The monoisotopic (exact) mass is 490 g/mol. The fourth-order valence-corrected chi connectivity index (χ4v) is 4.19. The molecule has 8 heteroatoms. The first-order chi connectivity index (χ1) is 16.7. The Morgan fingerprint density at radius 2 is 1.74 bits per heavy atom. The second-order valence-electron chi connectivity index (χ2n) is 9.94. The van der Waals surface area contributed by atoms with E-state index in [4.69, 9.17) is 14.2 Å². The zero-order valence-electron chi connectivity index (χ0n) is 22.0. The molecule has 0 aromatic heterocycles. The van der Waals surface area contributed by atoms with Gasteiger partial charge in [-0.15, -0.1) is 0 Å². The molecule has 2 unspecified atom stereocenters. The first-order valence-electron chi connectivity index (χ1n) is 12.8. The first kappa shape index (κ1) is 28.5. The molecule has 1 aromatic carbocycles. The standard InChI is InChI=1S/C27H42N2O6/c1-6-8-9-13-17-29(26(32)34-20-21-14-11-10-12-15-21)23-16-18-28(25(31)35-27(3,4)5)19-22(23)24(30)33-7-2/h10-12,14-15,22-23H,6-9,13,16-20H2,1-5H3. The highest BCUT2D eigenvalue weighted by molar-refractivity contribution is 5.77. The lowest BCUT2D eigenvalue weighted by atomic mass is 9.90. The predicted molar refractivity (Wildman–Crippen MR) is 134 cm³/mol. The van der Waals surface area contributed by atoms with Crippen LogP contribution in [0.15, 0.2) is 30.3 Å². The molecule has 1 heterocycles. The highest BCUT2D eigenvalue weighted by Crippen LogP contribution is 2.27. The van der Waals surface area contributed by atoms with Crippen molar-refractivity contribution in [2.45, 2.75) is 85.0 Å². The predicted octanol–water partition coefficient (Wildman–Crippen LogP) is 5.39. The maximum atomic E-state index is 13.3. The van der Waals surface area contributed by atoms with Crippen LogP contribution in [-0.4, -0.2) is 65.8 Å². The Kier molecular flexibility index (Phi) is 11.3. The van der Waals surface area contributed by atoms with Gasteiger partial charge in [-0.1, -0.05) is 56.5 Å². The number of nitrogens with zero attached hydrogens (tertiary/aromatic N) is 2. The van der Waals surface area contributed by atoms with Gasteiger partial charge in [0.2, 0.25) is 0 Å². The summed E-state index contributed by atoms with van der Waals surface area (Å²) in [6.07, 6.45) is 3.48. The maximum absolute atomic E-state index is 13.3. The van der Waals surface area contributed by atoms with Crippen molar-refractivity contribution in [3.63, 3.8) is 0 Å². The van der Waals surface area contributed by atoms with Gasteiger partial charge in [0, 0.05) is 19.6 Å². The molecule has 0 N–H and O–H groups in total. The number of carbonyl (C=O) groups is 3. The van der Waals surface area contributed by atoms with Crippen molar-refractivity contribution < 1.29 is 28.6 Å². The number of ether oxygens (including phenoxy) is 3. The number of benzene rings is 1. The van der Waals surface area contributed by atoms with Gasteiger partial charge in [0.15, 0.2) is 0 Å². The van der Waals surface area contributed by atoms with Crippen LogP contribution in [0.5, 0.6) is 0 Å². The minimum Gasteiger partial charge on any atom is -0.466 e. The van der Waals surface area contributed by atoms with Gasteiger partial charge in [-0.2, -0.15) is 0 Å².